The second kappa shape index (κ2) is 6.95. The van der Waals surface area contributed by atoms with Crippen molar-refractivity contribution in [2.45, 2.75) is 53.0 Å². The predicted octanol–water partition coefficient (Wildman–Crippen LogP) is 5.37. The molecular weight excluding hydrogens is 266 g/mol. The van der Waals surface area contributed by atoms with Crippen LogP contribution < -0.4 is 5.32 Å². The smallest absolute Gasteiger partial charge is 0.0438 e. The van der Waals surface area contributed by atoms with Gasteiger partial charge in [0, 0.05) is 11.1 Å². The molecule has 1 aliphatic carbocycles. The molecule has 112 valence electrons. The average molecular weight is 294 g/mol. The molecule has 1 aromatic rings. The van der Waals surface area contributed by atoms with E-state index in [-0.39, 0.29) is 0 Å². The largest absolute Gasteiger partial charge is 0.310 e. The van der Waals surface area contributed by atoms with E-state index >= 15 is 0 Å². The highest BCUT2D eigenvalue weighted by atomic mass is 35.5. The first-order valence-corrected chi connectivity index (χ1v) is 8.40. The lowest BCUT2D eigenvalue weighted by atomic mass is 9.71. The number of nitrogens with one attached hydrogen (secondary N) is 1. The van der Waals surface area contributed by atoms with Crippen LogP contribution in [0.2, 0.25) is 5.02 Å². The first-order chi connectivity index (χ1) is 9.54. The van der Waals surface area contributed by atoms with E-state index in [1.807, 2.05) is 6.07 Å². The third-order valence-corrected chi connectivity index (χ3v) is 5.59. The molecule has 0 amide bonds. The maximum atomic E-state index is 6.32. The van der Waals surface area contributed by atoms with Crippen molar-refractivity contribution in [2.75, 3.05) is 6.54 Å². The Balaban J connectivity index is 2.24. The Morgan fingerprint density at radius 2 is 2.00 bits per heavy atom. The van der Waals surface area contributed by atoms with E-state index in [1.54, 1.807) is 0 Å². The van der Waals surface area contributed by atoms with Crippen LogP contribution in [0.3, 0.4) is 0 Å². The molecule has 0 radical (unpaired) electrons. The first-order valence-electron chi connectivity index (χ1n) is 8.03. The van der Waals surface area contributed by atoms with E-state index < -0.39 is 0 Å². The fourth-order valence-corrected chi connectivity index (χ4v) is 3.79. The highest BCUT2D eigenvalue weighted by molar-refractivity contribution is 6.31. The van der Waals surface area contributed by atoms with Crippen molar-refractivity contribution in [2.24, 2.45) is 17.8 Å². The molecule has 1 saturated carbocycles. The van der Waals surface area contributed by atoms with Crippen LogP contribution in [0.1, 0.15) is 57.2 Å². The van der Waals surface area contributed by atoms with E-state index in [0.717, 1.165) is 29.3 Å². The van der Waals surface area contributed by atoms with Crippen molar-refractivity contribution >= 4 is 11.6 Å². The van der Waals surface area contributed by atoms with Gasteiger partial charge in [0.05, 0.1) is 0 Å². The van der Waals surface area contributed by atoms with Gasteiger partial charge in [-0.3, -0.25) is 0 Å². The van der Waals surface area contributed by atoms with Gasteiger partial charge < -0.3 is 5.32 Å². The molecule has 0 aromatic heterocycles. The third kappa shape index (κ3) is 3.38. The molecule has 0 spiro atoms. The minimum absolute atomic E-state index is 0.452. The van der Waals surface area contributed by atoms with Gasteiger partial charge in [0.2, 0.25) is 0 Å². The van der Waals surface area contributed by atoms with Crippen LogP contribution in [0.5, 0.6) is 0 Å². The summed E-state index contributed by atoms with van der Waals surface area (Å²) in [5, 5.41) is 4.60. The van der Waals surface area contributed by atoms with Crippen molar-refractivity contribution in [1.29, 1.82) is 0 Å². The summed E-state index contributed by atoms with van der Waals surface area (Å²) in [7, 11) is 0. The Bertz CT molecular complexity index is 443. The Labute approximate surface area is 129 Å². The molecule has 0 bridgehead atoms. The zero-order valence-electron chi connectivity index (χ0n) is 13.2. The molecule has 4 atom stereocenters. The molecule has 0 heterocycles. The summed E-state index contributed by atoms with van der Waals surface area (Å²) in [4.78, 5) is 0. The van der Waals surface area contributed by atoms with Crippen LogP contribution in [0.15, 0.2) is 18.2 Å². The number of benzene rings is 1. The van der Waals surface area contributed by atoms with Crippen LogP contribution in [-0.2, 0) is 0 Å². The summed E-state index contributed by atoms with van der Waals surface area (Å²) in [6.07, 6.45) is 4.01. The van der Waals surface area contributed by atoms with Crippen molar-refractivity contribution in [3.05, 3.63) is 34.3 Å². The van der Waals surface area contributed by atoms with Gasteiger partial charge in [-0.05, 0) is 61.3 Å². The second-order valence-corrected chi connectivity index (χ2v) is 6.92. The molecule has 1 N–H and O–H groups in total. The molecular formula is C18H28ClN. The molecule has 20 heavy (non-hydrogen) atoms. The average Bonchev–Trinajstić information content (AvgIpc) is 2.43. The minimum Gasteiger partial charge on any atom is -0.310 e. The Hall–Kier alpha value is -0.530. The maximum absolute atomic E-state index is 6.32. The second-order valence-electron chi connectivity index (χ2n) is 6.52. The molecule has 2 rings (SSSR count). The Morgan fingerprint density at radius 3 is 2.65 bits per heavy atom. The van der Waals surface area contributed by atoms with E-state index in [1.165, 1.54) is 30.4 Å². The van der Waals surface area contributed by atoms with Gasteiger partial charge in [-0.1, -0.05) is 50.9 Å². The Kier molecular flexibility index (Phi) is 5.51. The summed E-state index contributed by atoms with van der Waals surface area (Å²) in [6.45, 7) is 10.2. The normalized spacial score (nSPS) is 28.4. The summed E-state index contributed by atoms with van der Waals surface area (Å²) in [6, 6.07) is 6.78. The Morgan fingerprint density at radius 1 is 1.25 bits per heavy atom. The maximum Gasteiger partial charge on any atom is 0.0438 e. The predicted molar refractivity (Wildman–Crippen MR) is 88.3 cm³/mol. The molecule has 2 heteroatoms. The lowest BCUT2D eigenvalue weighted by Gasteiger charge is -2.38. The fraction of sp³-hybridized carbons (Fsp3) is 0.667. The van der Waals surface area contributed by atoms with Crippen LogP contribution in [0.4, 0.5) is 0 Å². The summed E-state index contributed by atoms with van der Waals surface area (Å²) < 4.78 is 0. The molecule has 1 nitrogen and oxygen atoms in total. The third-order valence-electron chi connectivity index (χ3n) is 5.18. The quantitative estimate of drug-likeness (QED) is 0.787. The van der Waals surface area contributed by atoms with Crippen LogP contribution in [0.25, 0.3) is 0 Å². The van der Waals surface area contributed by atoms with Crippen molar-refractivity contribution in [3.8, 4) is 0 Å². The number of halogens is 1. The summed E-state index contributed by atoms with van der Waals surface area (Å²) in [5.74, 6) is 2.43. The lowest BCUT2D eigenvalue weighted by Crippen LogP contribution is -2.33. The van der Waals surface area contributed by atoms with Gasteiger partial charge >= 0.3 is 0 Å². The van der Waals surface area contributed by atoms with E-state index in [4.69, 9.17) is 11.6 Å². The molecule has 1 aliphatic rings. The van der Waals surface area contributed by atoms with Crippen LogP contribution in [-0.4, -0.2) is 6.54 Å². The molecule has 1 aromatic carbocycles. The highest BCUT2D eigenvalue weighted by Gasteiger charge is 2.31. The summed E-state index contributed by atoms with van der Waals surface area (Å²) >= 11 is 6.32. The van der Waals surface area contributed by atoms with Gasteiger partial charge in [0.25, 0.3) is 0 Å². The highest BCUT2D eigenvalue weighted by Crippen LogP contribution is 2.41. The molecule has 0 saturated heterocycles. The van der Waals surface area contributed by atoms with E-state index in [2.05, 4.69) is 45.1 Å². The van der Waals surface area contributed by atoms with Gasteiger partial charge in [-0.15, -0.1) is 0 Å². The van der Waals surface area contributed by atoms with Crippen LogP contribution in [0, 0.1) is 24.7 Å². The monoisotopic (exact) mass is 293 g/mol. The molecule has 4 unspecified atom stereocenters. The van der Waals surface area contributed by atoms with Gasteiger partial charge in [0.1, 0.15) is 0 Å². The zero-order chi connectivity index (χ0) is 14.7. The SMILES string of the molecule is CCNC(c1cccc(Cl)c1C)C1CCC(C)C(C)C1. The van der Waals surface area contributed by atoms with Gasteiger partial charge in [-0.2, -0.15) is 0 Å². The zero-order valence-corrected chi connectivity index (χ0v) is 14.0. The van der Waals surface area contributed by atoms with Crippen molar-refractivity contribution in [1.82, 2.24) is 5.32 Å². The van der Waals surface area contributed by atoms with Crippen molar-refractivity contribution < 1.29 is 0 Å². The standard InChI is InChI=1S/C18H28ClN/c1-5-20-18(15-10-9-12(2)13(3)11-15)16-7-6-8-17(19)14(16)4/h6-8,12-13,15,18,20H,5,9-11H2,1-4H3. The minimum atomic E-state index is 0.452. The summed E-state index contributed by atoms with van der Waals surface area (Å²) in [5.41, 5.74) is 2.64. The van der Waals surface area contributed by atoms with Gasteiger partial charge in [-0.25, -0.2) is 0 Å². The number of hydrogen-bond donors (Lipinski definition) is 1. The number of rotatable bonds is 4. The fourth-order valence-electron chi connectivity index (χ4n) is 3.60. The molecule has 1 fully saturated rings. The number of hydrogen-bond acceptors (Lipinski definition) is 1. The van der Waals surface area contributed by atoms with Crippen molar-refractivity contribution in [3.63, 3.8) is 0 Å². The van der Waals surface area contributed by atoms with Gasteiger partial charge in [0.15, 0.2) is 0 Å². The topological polar surface area (TPSA) is 12.0 Å². The van der Waals surface area contributed by atoms with E-state index in [9.17, 15) is 0 Å². The first kappa shape index (κ1) is 15.9. The van der Waals surface area contributed by atoms with E-state index in [0.29, 0.717) is 6.04 Å². The molecule has 0 aliphatic heterocycles. The lowest BCUT2D eigenvalue weighted by molar-refractivity contribution is 0.171. The van der Waals surface area contributed by atoms with Crippen LogP contribution >= 0.6 is 11.6 Å².